The first-order valence-electron chi connectivity index (χ1n) is 38.8. The van der Waals surface area contributed by atoms with Crippen molar-refractivity contribution in [3.8, 4) is 0 Å². The number of hydrogen-bond acceptors (Lipinski definition) is 15. The number of allylic oxidation sites excluding steroid dienone is 14. The van der Waals surface area contributed by atoms with Gasteiger partial charge in [-0.1, -0.05) is 299 Å². The van der Waals surface area contributed by atoms with Gasteiger partial charge in [0.2, 0.25) is 0 Å². The van der Waals surface area contributed by atoms with Crippen molar-refractivity contribution in [3.63, 3.8) is 0 Å². The molecule has 0 rings (SSSR count). The van der Waals surface area contributed by atoms with Crippen LogP contribution in [-0.4, -0.2) is 96.7 Å². The maximum atomic E-state index is 13.1. The first kappa shape index (κ1) is 94.2. The Hall–Kier alpha value is -3.76. The van der Waals surface area contributed by atoms with Gasteiger partial charge in [0.1, 0.15) is 19.3 Å². The summed E-state index contributed by atoms with van der Waals surface area (Å²) in [5.41, 5.74) is 0. The van der Waals surface area contributed by atoms with Gasteiger partial charge in [0.25, 0.3) is 0 Å². The molecule has 0 saturated heterocycles. The van der Waals surface area contributed by atoms with E-state index in [9.17, 15) is 43.2 Å². The number of phosphoric acid groups is 2. The molecule has 0 spiro atoms. The average molecular weight is 1420 g/mol. The zero-order valence-corrected chi connectivity index (χ0v) is 63.7. The molecule has 0 amide bonds. The Morgan fingerprint density at radius 2 is 0.551 bits per heavy atom. The highest BCUT2D eigenvalue weighted by molar-refractivity contribution is 7.47. The van der Waals surface area contributed by atoms with Gasteiger partial charge in [-0.25, -0.2) is 9.13 Å². The second-order valence-electron chi connectivity index (χ2n) is 25.9. The summed E-state index contributed by atoms with van der Waals surface area (Å²) in [5.74, 6) is -2.20. The summed E-state index contributed by atoms with van der Waals surface area (Å²) >= 11 is 0. The Kier molecular flexibility index (Phi) is 68.9. The highest BCUT2D eigenvalue weighted by Crippen LogP contribution is 2.45. The average Bonchev–Trinajstić information content (AvgIpc) is 0.992. The second kappa shape index (κ2) is 71.6. The van der Waals surface area contributed by atoms with Crippen molar-refractivity contribution in [1.29, 1.82) is 0 Å². The zero-order valence-electron chi connectivity index (χ0n) is 62.0. The van der Waals surface area contributed by atoms with Crippen molar-refractivity contribution in [3.05, 3.63) is 85.1 Å². The minimum Gasteiger partial charge on any atom is -0.462 e. The minimum atomic E-state index is -4.98. The van der Waals surface area contributed by atoms with Gasteiger partial charge in [0.05, 0.1) is 26.4 Å². The van der Waals surface area contributed by atoms with Crippen LogP contribution in [0, 0.1) is 0 Å². The van der Waals surface area contributed by atoms with Crippen molar-refractivity contribution < 1.29 is 80.2 Å². The van der Waals surface area contributed by atoms with E-state index in [1.165, 1.54) is 103 Å². The number of carbonyl (C=O) groups is 4. The van der Waals surface area contributed by atoms with Crippen LogP contribution in [0.3, 0.4) is 0 Å². The zero-order chi connectivity index (χ0) is 71.8. The summed E-state index contributed by atoms with van der Waals surface area (Å²) in [6.45, 7) is 4.68. The number of phosphoric ester groups is 2. The van der Waals surface area contributed by atoms with E-state index in [2.05, 4.69) is 113 Å². The fourth-order valence-electron chi connectivity index (χ4n) is 10.5. The molecular formula is C79H140O17P2. The monoisotopic (exact) mass is 1420 g/mol. The Bertz CT molecular complexity index is 2190. The van der Waals surface area contributed by atoms with Crippen molar-refractivity contribution in [2.24, 2.45) is 0 Å². The van der Waals surface area contributed by atoms with Crippen LogP contribution in [0.4, 0.5) is 0 Å². The molecule has 19 heteroatoms. The fourth-order valence-corrected chi connectivity index (χ4v) is 12.0. The van der Waals surface area contributed by atoms with Gasteiger partial charge in [-0.2, -0.15) is 0 Å². The number of esters is 4. The molecule has 98 heavy (non-hydrogen) atoms. The normalized spacial score (nSPS) is 14.4. The lowest BCUT2D eigenvalue weighted by Crippen LogP contribution is -2.30. The van der Waals surface area contributed by atoms with Crippen LogP contribution in [0.25, 0.3) is 0 Å². The molecule has 3 N–H and O–H groups in total. The summed E-state index contributed by atoms with van der Waals surface area (Å²) < 4.78 is 68.4. The molecule has 0 bridgehead atoms. The highest BCUT2D eigenvalue weighted by Gasteiger charge is 2.30. The molecular weight excluding hydrogens is 1280 g/mol. The van der Waals surface area contributed by atoms with Gasteiger partial charge in [-0.3, -0.25) is 37.3 Å². The standard InChI is InChI=1S/C79H140O17P2/c1-5-9-13-17-21-25-29-32-34-35-36-37-39-41-45-48-52-56-60-64-77(82)90-70-75(96-79(84)66-62-58-54-50-46-42-38-33-30-26-22-18-14-10-6-2)72-94-98(87,88)92-68-73(80)67-91-97(85,86)93-71-74(95-78(83)65-61-57-53-49-43-28-24-20-16-12-8-4)69-89-76(81)63-59-55-51-47-44-40-31-27-23-19-15-11-7-3/h9,13,15,19,21,25,27,31-32,34,36-37,41,45,73-75,80H,5-8,10-12,14,16-18,20,22-24,26,28-30,33,35,38-40,42-44,46-72H2,1-4H3,(H,85,86)(H,87,88)/b13-9-,19-15-,25-21-,31-27-,34-32-,37-36-,45-41-. The van der Waals surface area contributed by atoms with Gasteiger partial charge in [-0.15, -0.1) is 0 Å². The maximum absolute atomic E-state index is 13.1. The van der Waals surface area contributed by atoms with Crippen molar-refractivity contribution in [1.82, 2.24) is 0 Å². The lowest BCUT2D eigenvalue weighted by atomic mass is 10.0. The molecule has 5 atom stereocenters. The Morgan fingerprint density at radius 3 is 0.867 bits per heavy atom. The molecule has 5 unspecified atom stereocenters. The first-order valence-corrected chi connectivity index (χ1v) is 41.8. The first-order chi connectivity index (χ1) is 47.7. The number of hydrogen-bond donors (Lipinski definition) is 3. The molecule has 0 saturated carbocycles. The van der Waals surface area contributed by atoms with Crippen LogP contribution in [-0.2, 0) is 65.4 Å². The summed E-state index contributed by atoms with van der Waals surface area (Å²) in [6, 6.07) is 0. The van der Waals surface area contributed by atoms with E-state index in [4.69, 9.17) is 37.0 Å². The molecule has 0 aliphatic rings. The molecule has 0 aliphatic heterocycles. The number of aliphatic hydroxyl groups is 1. The maximum Gasteiger partial charge on any atom is 0.472 e. The highest BCUT2D eigenvalue weighted by atomic mass is 31.2. The molecule has 0 fully saturated rings. The Labute approximate surface area is 595 Å². The van der Waals surface area contributed by atoms with E-state index in [0.717, 1.165) is 154 Å². The molecule has 0 aromatic heterocycles. The van der Waals surface area contributed by atoms with Crippen LogP contribution in [0.15, 0.2) is 85.1 Å². The van der Waals surface area contributed by atoms with Crippen LogP contribution in [0.5, 0.6) is 0 Å². The number of carbonyl (C=O) groups excluding carboxylic acids is 4. The predicted octanol–water partition coefficient (Wildman–Crippen LogP) is 22.2. The summed E-state index contributed by atoms with van der Waals surface area (Å²) in [6.07, 6.45) is 72.9. The smallest absolute Gasteiger partial charge is 0.462 e. The van der Waals surface area contributed by atoms with Crippen molar-refractivity contribution in [2.45, 2.75) is 354 Å². The van der Waals surface area contributed by atoms with Crippen molar-refractivity contribution >= 4 is 39.5 Å². The fraction of sp³-hybridized carbons (Fsp3) is 0.772. The number of unbranched alkanes of at least 4 members (excludes halogenated alkanes) is 33. The lowest BCUT2D eigenvalue weighted by Gasteiger charge is -2.21. The van der Waals surface area contributed by atoms with Gasteiger partial charge < -0.3 is 33.8 Å². The molecule has 0 aliphatic carbocycles. The van der Waals surface area contributed by atoms with E-state index in [1.54, 1.807) is 0 Å². The Balaban J connectivity index is 5.34. The number of aliphatic hydroxyl groups excluding tert-OH is 1. The summed E-state index contributed by atoms with van der Waals surface area (Å²) in [5, 5.41) is 10.6. The molecule has 0 radical (unpaired) electrons. The van der Waals surface area contributed by atoms with Gasteiger partial charge in [0, 0.05) is 25.7 Å². The van der Waals surface area contributed by atoms with E-state index < -0.39 is 97.5 Å². The van der Waals surface area contributed by atoms with Gasteiger partial charge >= 0.3 is 39.5 Å². The largest absolute Gasteiger partial charge is 0.472 e. The lowest BCUT2D eigenvalue weighted by molar-refractivity contribution is -0.161. The predicted molar refractivity (Wildman–Crippen MR) is 399 cm³/mol. The molecule has 568 valence electrons. The van der Waals surface area contributed by atoms with E-state index >= 15 is 0 Å². The van der Waals surface area contributed by atoms with Crippen LogP contribution >= 0.6 is 15.6 Å². The molecule has 0 aromatic carbocycles. The van der Waals surface area contributed by atoms with Crippen molar-refractivity contribution in [2.75, 3.05) is 39.6 Å². The second-order valence-corrected chi connectivity index (χ2v) is 28.8. The van der Waals surface area contributed by atoms with E-state index in [1.807, 2.05) is 0 Å². The third-order valence-electron chi connectivity index (χ3n) is 16.4. The quantitative estimate of drug-likeness (QED) is 0.0169. The minimum absolute atomic E-state index is 0.0916. The van der Waals surface area contributed by atoms with Crippen LogP contribution < -0.4 is 0 Å². The van der Waals surface area contributed by atoms with Gasteiger partial charge in [0.15, 0.2) is 12.2 Å². The topological polar surface area (TPSA) is 237 Å². The van der Waals surface area contributed by atoms with E-state index in [-0.39, 0.29) is 25.7 Å². The third kappa shape index (κ3) is 70.7. The van der Waals surface area contributed by atoms with Crippen LogP contribution in [0.1, 0.15) is 336 Å². The summed E-state index contributed by atoms with van der Waals surface area (Å²) in [7, 11) is -9.95. The van der Waals surface area contributed by atoms with Gasteiger partial charge in [-0.05, 0) is 96.3 Å². The Morgan fingerprint density at radius 1 is 0.296 bits per heavy atom. The SMILES string of the molecule is CC/C=C\C/C=C\C/C=C\C/C=C\C/C=C\CCCCCC(=O)OCC(COP(=O)(O)OCC(O)COP(=O)(O)OCC(COC(=O)CCCCCCC/C=C\C/C=C\CCC)OC(=O)CCCCCCCCCCCCC)OC(=O)CCCCCCCCCCCCCCCCC. The summed E-state index contributed by atoms with van der Waals surface area (Å²) in [4.78, 5) is 72.8. The molecule has 0 aromatic rings. The molecule has 17 nitrogen and oxygen atoms in total. The third-order valence-corrected chi connectivity index (χ3v) is 18.3. The molecule has 0 heterocycles. The number of ether oxygens (including phenoxy) is 4. The van der Waals surface area contributed by atoms with Crippen LogP contribution in [0.2, 0.25) is 0 Å². The number of rotatable bonds is 73. The van der Waals surface area contributed by atoms with E-state index in [0.29, 0.717) is 25.7 Å².